The molecular formula is C24H25N5O6. The number of hydrogen-bond acceptors (Lipinski definition) is 6. The summed E-state index contributed by atoms with van der Waals surface area (Å²) >= 11 is 0. The Morgan fingerprint density at radius 1 is 1.06 bits per heavy atom. The SMILES string of the molecule is Cc1ccc(C2C3C(=O)N(c4cccc([N+](=O)[O-])c4)C(=O)C3C(C(N)=O)N2C(=O)NC(C)C)cc1. The van der Waals surface area contributed by atoms with E-state index in [0.29, 0.717) is 5.56 Å². The molecule has 0 spiro atoms. The van der Waals surface area contributed by atoms with E-state index in [2.05, 4.69) is 5.32 Å². The molecule has 0 bridgehead atoms. The van der Waals surface area contributed by atoms with Gasteiger partial charge >= 0.3 is 6.03 Å². The molecule has 2 aliphatic heterocycles. The van der Waals surface area contributed by atoms with E-state index in [1.165, 1.54) is 23.1 Å². The van der Waals surface area contributed by atoms with Crippen molar-refractivity contribution in [2.24, 2.45) is 17.6 Å². The van der Waals surface area contributed by atoms with Crippen molar-refractivity contribution in [2.45, 2.75) is 38.9 Å². The number of benzene rings is 2. The maximum Gasteiger partial charge on any atom is 0.318 e. The lowest BCUT2D eigenvalue weighted by atomic mass is 9.86. The molecule has 4 unspecified atom stereocenters. The number of fused-ring (bicyclic) bond motifs is 1. The smallest absolute Gasteiger partial charge is 0.318 e. The van der Waals surface area contributed by atoms with Crippen molar-refractivity contribution in [1.82, 2.24) is 10.2 Å². The molecular weight excluding hydrogens is 454 g/mol. The molecule has 2 heterocycles. The summed E-state index contributed by atoms with van der Waals surface area (Å²) in [6, 6.07) is 9.01. The molecule has 2 aromatic rings. The average Bonchev–Trinajstić information content (AvgIpc) is 3.27. The first-order chi connectivity index (χ1) is 16.5. The van der Waals surface area contributed by atoms with Crippen molar-refractivity contribution < 1.29 is 24.1 Å². The molecule has 4 atom stereocenters. The first-order valence-electron chi connectivity index (χ1n) is 11.1. The predicted octanol–water partition coefficient (Wildman–Crippen LogP) is 2.04. The lowest BCUT2D eigenvalue weighted by Gasteiger charge is -2.33. The number of anilines is 1. The normalized spacial score (nSPS) is 23.5. The van der Waals surface area contributed by atoms with E-state index in [1.807, 2.05) is 6.92 Å². The number of nitrogens with one attached hydrogen (secondary N) is 1. The average molecular weight is 479 g/mol. The van der Waals surface area contributed by atoms with Gasteiger partial charge in [0.05, 0.1) is 28.5 Å². The number of carbonyl (C=O) groups excluding carboxylic acids is 4. The number of amides is 5. The van der Waals surface area contributed by atoms with Gasteiger partial charge in [0.2, 0.25) is 17.7 Å². The number of nitro benzene ring substituents is 1. The number of urea groups is 1. The van der Waals surface area contributed by atoms with Gasteiger partial charge in [-0.3, -0.25) is 24.5 Å². The molecule has 5 amide bonds. The molecule has 4 rings (SSSR count). The van der Waals surface area contributed by atoms with Crippen LogP contribution >= 0.6 is 0 Å². The van der Waals surface area contributed by atoms with Gasteiger partial charge in [-0.25, -0.2) is 9.69 Å². The number of nitrogens with two attached hydrogens (primary N) is 1. The Balaban J connectivity index is 1.86. The molecule has 2 saturated heterocycles. The number of carbonyl (C=O) groups is 4. The number of rotatable bonds is 5. The van der Waals surface area contributed by atoms with E-state index in [4.69, 9.17) is 5.73 Å². The van der Waals surface area contributed by atoms with Crippen LogP contribution in [0.4, 0.5) is 16.2 Å². The fourth-order valence-electron chi connectivity index (χ4n) is 4.92. The number of imide groups is 1. The van der Waals surface area contributed by atoms with Gasteiger partial charge in [0, 0.05) is 18.2 Å². The van der Waals surface area contributed by atoms with Gasteiger partial charge in [-0.15, -0.1) is 0 Å². The van der Waals surface area contributed by atoms with Crippen LogP contribution < -0.4 is 16.0 Å². The van der Waals surface area contributed by atoms with Gasteiger partial charge in [-0.1, -0.05) is 35.9 Å². The Morgan fingerprint density at radius 3 is 2.26 bits per heavy atom. The van der Waals surface area contributed by atoms with E-state index < -0.39 is 52.6 Å². The highest BCUT2D eigenvalue weighted by atomic mass is 16.6. The Bertz CT molecular complexity index is 1230. The summed E-state index contributed by atoms with van der Waals surface area (Å²) in [5.41, 5.74) is 6.94. The number of non-ortho nitro benzene ring substituents is 1. The van der Waals surface area contributed by atoms with Crippen LogP contribution in [0.5, 0.6) is 0 Å². The van der Waals surface area contributed by atoms with E-state index >= 15 is 0 Å². The Morgan fingerprint density at radius 2 is 1.69 bits per heavy atom. The van der Waals surface area contributed by atoms with Crippen molar-refractivity contribution in [1.29, 1.82) is 0 Å². The highest BCUT2D eigenvalue weighted by molar-refractivity contribution is 6.24. The minimum Gasteiger partial charge on any atom is -0.368 e. The predicted molar refractivity (Wildman–Crippen MR) is 125 cm³/mol. The third-order valence-corrected chi connectivity index (χ3v) is 6.33. The van der Waals surface area contributed by atoms with Crippen LogP contribution in [-0.4, -0.2) is 45.7 Å². The maximum absolute atomic E-state index is 13.7. The number of hydrogen-bond donors (Lipinski definition) is 2. The molecule has 0 radical (unpaired) electrons. The van der Waals surface area contributed by atoms with Crippen molar-refractivity contribution in [3.8, 4) is 0 Å². The highest BCUT2D eigenvalue weighted by Crippen LogP contribution is 2.51. The number of aryl methyl sites for hydroxylation is 1. The van der Waals surface area contributed by atoms with Gasteiger partial charge in [0.1, 0.15) is 6.04 Å². The van der Waals surface area contributed by atoms with Crippen molar-refractivity contribution in [3.05, 3.63) is 69.8 Å². The summed E-state index contributed by atoms with van der Waals surface area (Å²) in [6.45, 7) is 5.37. The molecule has 11 nitrogen and oxygen atoms in total. The molecule has 0 saturated carbocycles. The molecule has 11 heteroatoms. The Labute approximate surface area is 201 Å². The number of likely N-dealkylation sites (tertiary alicyclic amines) is 1. The lowest BCUT2D eigenvalue weighted by Crippen LogP contribution is -2.54. The van der Waals surface area contributed by atoms with Gasteiger partial charge < -0.3 is 16.0 Å². The molecule has 182 valence electrons. The second-order valence-corrected chi connectivity index (χ2v) is 9.05. The van der Waals surface area contributed by atoms with Crippen LogP contribution in [0.25, 0.3) is 0 Å². The summed E-state index contributed by atoms with van der Waals surface area (Å²) in [4.78, 5) is 65.8. The van der Waals surface area contributed by atoms with E-state index in [9.17, 15) is 29.3 Å². The maximum atomic E-state index is 13.7. The molecule has 2 fully saturated rings. The zero-order chi connectivity index (χ0) is 25.6. The largest absolute Gasteiger partial charge is 0.368 e. The van der Waals surface area contributed by atoms with Crippen LogP contribution in [0.15, 0.2) is 48.5 Å². The minimum atomic E-state index is -1.38. The van der Waals surface area contributed by atoms with E-state index in [0.717, 1.165) is 16.5 Å². The first kappa shape index (κ1) is 23.9. The summed E-state index contributed by atoms with van der Waals surface area (Å²) < 4.78 is 0. The van der Waals surface area contributed by atoms with Crippen molar-refractivity contribution >= 4 is 35.1 Å². The summed E-state index contributed by atoms with van der Waals surface area (Å²) in [5.74, 6) is -4.64. The third-order valence-electron chi connectivity index (χ3n) is 6.33. The summed E-state index contributed by atoms with van der Waals surface area (Å²) in [7, 11) is 0. The number of nitrogens with zero attached hydrogens (tertiary/aromatic N) is 3. The molecule has 2 aliphatic rings. The second kappa shape index (κ2) is 8.82. The molecule has 2 aromatic carbocycles. The molecule has 0 aromatic heterocycles. The monoisotopic (exact) mass is 479 g/mol. The second-order valence-electron chi connectivity index (χ2n) is 9.05. The van der Waals surface area contributed by atoms with Crippen molar-refractivity contribution in [3.63, 3.8) is 0 Å². The van der Waals surface area contributed by atoms with Crippen LogP contribution in [0, 0.1) is 28.9 Å². The van der Waals surface area contributed by atoms with E-state index in [-0.39, 0.29) is 17.4 Å². The fourth-order valence-corrected chi connectivity index (χ4v) is 4.92. The van der Waals surface area contributed by atoms with Gasteiger partial charge in [0.15, 0.2) is 0 Å². The minimum absolute atomic E-state index is 0.0210. The zero-order valence-corrected chi connectivity index (χ0v) is 19.4. The van der Waals surface area contributed by atoms with Crippen LogP contribution in [-0.2, 0) is 14.4 Å². The molecule has 0 aliphatic carbocycles. The zero-order valence-electron chi connectivity index (χ0n) is 19.4. The van der Waals surface area contributed by atoms with Crippen LogP contribution in [0.3, 0.4) is 0 Å². The third kappa shape index (κ3) is 3.98. The van der Waals surface area contributed by atoms with Gasteiger partial charge in [-0.05, 0) is 32.4 Å². The van der Waals surface area contributed by atoms with Crippen LogP contribution in [0.1, 0.15) is 31.0 Å². The number of nitro groups is 1. The van der Waals surface area contributed by atoms with E-state index in [1.54, 1.807) is 38.1 Å². The van der Waals surface area contributed by atoms with Gasteiger partial charge in [0.25, 0.3) is 5.69 Å². The fraction of sp³-hybridized carbons (Fsp3) is 0.333. The molecule has 3 N–H and O–H groups in total. The Hall–Kier alpha value is -4.28. The number of primary amides is 1. The first-order valence-corrected chi connectivity index (χ1v) is 11.1. The van der Waals surface area contributed by atoms with Gasteiger partial charge in [-0.2, -0.15) is 0 Å². The quantitative estimate of drug-likeness (QED) is 0.380. The Kier molecular flexibility index (Phi) is 6.01. The van der Waals surface area contributed by atoms with Crippen molar-refractivity contribution in [2.75, 3.05) is 4.90 Å². The highest BCUT2D eigenvalue weighted by Gasteiger charge is 2.65. The summed E-state index contributed by atoms with van der Waals surface area (Å²) in [6.07, 6.45) is 0. The topological polar surface area (TPSA) is 156 Å². The molecule has 35 heavy (non-hydrogen) atoms. The summed E-state index contributed by atoms with van der Waals surface area (Å²) in [5, 5.41) is 14.0. The lowest BCUT2D eigenvalue weighted by molar-refractivity contribution is -0.384. The standard InChI is InChI=1S/C24H25N5O6/c1-12(2)26-24(33)28-19(14-9-7-13(3)8-10-14)17-18(20(28)21(25)30)23(32)27(22(17)31)15-5-4-6-16(11-15)29(34)35/h4-12,17-20H,1-3H3,(H2,25,30)(H,26,33). The van der Waals surface area contributed by atoms with Crippen LogP contribution in [0.2, 0.25) is 0 Å².